The number of rotatable bonds is 9. The second kappa shape index (κ2) is 13.1. The Morgan fingerprint density at radius 3 is 2.45 bits per heavy atom. The molecule has 0 aliphatic heterocycles. The van der Waals surface area contributed by atoms with Crippen LogP contribution in [0.15, 0.2) is 76.8 Å². The van der Waals surface area contributed by atoms with E-state index in [9.17, 15) is 9.90 Å². The molecule has 1 heterocycles. The summed E-state index contributed by atoms with van der Waals surface area (Å²) in [4.78, 5) is 20.1. The van der Waals surface area contributed by atoms with Crippen LogP contribution in [-0.2, 0) is 9.53 Å². The fourth-order valence-corrected chi connectivity index (χ4v) is 5.77. The van der Waals surface area contributed by atoms with E-state index in [4.69, 9.17) is 9.15 Å². The summed E-state index contributed by atoms with van der Waals surface area (Å²) >= 11 is 0. The molecule has 1 amide bonds. The highest BCUT2D eigenvalue weighted by Crippen LogP contribution is 2.36. The zero-order valence-electron chi connectivity index (χ0n) is 23.1. The van der Waals surface area contributed by atoms with Crippen LogP contribution < -0.4 is 4.90 Å². The van der Waals surface area contributed by atoms with Gasteiger partial charge in [0.05, 0.1) is 19.4 Å². The number of hydrogen-bond donors (Lipinski definition) is 1. The molecule has 0 unspecified atom stereocenters. The molecule has 0 atom stereocenters. The summed E-state index contributed by atoms with van der Waals surface area (Å²) in [5.74, 6) is 2.45. The Hall–Kier alpha value is -3.12. The molecule has 2 saturated carbocycles. The van der Waals surface area contributed by atoms with Crippen molar-refractivity contribution in [3.05, 3.63) is 72.4 Å². The summed E-state index contributed by atoms with van der Waals surface area (Å²) in [5, 5.41) is 9.98. The van der Waals surface area contributed by atoms with E-state index >= 15 is 0 Å². The van der Waals surface area contributed by atoms with E-state index in [1.807, 2.05) is 49.1 Å². The second-order valence-electron chi connectivity index (χ2n) is 11.0. The molecule has 2 aliphatic carbocycles. The maximum absolute atomic E-state index is 13.8. The van der Waals surface area contributed by atoms with Gasteiger partial charge in [-0.2, -0.15) is 0 Å². The number of carbonyl (C=O) groups is 1. The van der Waals surface area contributed by atoms with Gasteiger partial charge in [-0.3, -0.25) is 4.79 Å². The predicted octanol–water partition coefficient (Wildman–Crippen LogP) is 7.08. The highest BCUT2D eigenvalue weighted by atomic mass is 16.5. The topological polar surface area (TPSA) is 75.8 Å². The molecule has 2 aliphatic rings. The summed E-state index contributed by atoms with van der Waals surface area (Å²) in [6, 6.07) is 7.95. The normalized spacial score (nSPS) is 23.7. The van der Waals surface area contributed by atoms with Crippen LogP contribution in [0.1, 0.15) is 65.2 Å². The van der Waals surface area contributed by atoms with Gasteiger partial charge in [0.2, 0.25) is 11.8 Å². The van der Waals surface area contributed by atoms with E-state index in [1.54, 1.807) is 19.6 Å². The fraction of sp³-hybridized carbons (Fsp3) is 0.500. The van der Waals surface area contributed by atoms with Gasteiger partial charge in [0, 0.05) is 23.7 Å². The first-order chi connectivity index (χ1) is 18.4. The average molecular weight is 519 g/mol. The standard InChI is InChI=1S/C32H42N2O4/c1-22(2)30(37-4)17-8-23(3)25-11-9-24(10-12-25)21-34(32(36)26-13-15-29(35)16-14-26)28-7-5-6-27(20-28)31-33-18-19-38-31/h5-8,17-20,24-26,29,35H,3,9-16,21H2,1-2,4H3/b17-8-/t24-,25-,26-,29-. The number of amides is 1. The first kappa shape index (κ1) is 27.9. The number of aliphatic hydroxyl groups is 1. The van der Waals surface area contributed by atoms with Gasteiger partial charge < -0.3 is 19.2 Å². The lowest BCUT2D eigenvalue weighted by Gasteiger charge is -2.36. The molecule has 1 N–H and O–H groups in total. The van der Waals surface area contributed by atoms with Crippen molar-refractivity contribution < 1.29 is 19.1 Å². The van der Waals surface area contributed by atoms with Crippen LogP contribution in [-0.4, -0.2) is 35.8 Å². The minimum absolute atomic E-state index is 0.0462. The molecule has 6 nitrogen and oxygen atoms in total. The van der Waals surface area contributed by atoms with Crippen LogP contribution in [0.4, 0.5) is 5.69 Å². The molecule has 4 rings (SSSR count). The van der Waals surface area contributed by atoms with E-state index < -0.39 is 0 Å². The molecule has 0 bridgehead atoms. The Morgan fingerprint density at radius 2 is 1.82 bits per heavy atom. The average Bonchev–Trinajstić information content (AvgIpc) is 3.47. The van der Waals surface area contributed by atoms with Crippen molar-refractivity contribution >= 4 is 11.6 Å². The summed E-state index contributed by atoms with van der Waals surface area (Å²) in [5.41, 5.74) is 4.04. The molecule has 2 fully saturated rings. The smallest absolute Gasteiger partial charge is 0.230 e. The first-order valence-corrected chi connectivity index (χ1v) is 13.9. The molecule has 38 heavy (non-hydrogen) atoms. The van der Waals surface area contributed by atoms with E-state index in [-0.39, 0.29) is 17.9 Å². The first-order valence-electron chi connectivity index (χ1n) is 13.9. The van der Waals surface area contributed by atoms with E-state index in [2.05, 4.69) is 17.6 Å². The Kier molecular flexibility index (Phi) is 9.62. The van der Waals surface area contributed by atoms with Crippen LogP contribution in [0.5, 0.6) is 0 Å². The fourth-order valence-electron chi connectivity index (χ4n) is 5.77. The van der Waals surface area contributed by atoms with Gasteiger partial charge in [0.25, 0.3) is 0 Å². The number of ether oxygens (including phenoxy) is 1. The van der Waals surface area contributed by atoms with Gasteiger partial charge in [0.15, 0.2) is 0 Å². The molecule has 6 heteroatoms. The lowest BCUT2D eigenvalue weighted by molar-refractivity contribution is -0.124. The molecule has 2 aromatic rings. The van der Waals surface area contributed by atoms with Crippen molar-refractivity contribution in [2.24, 2.45) is 17.8 Å². The number of anilines is 1. The second-order valence-corrected chi connectivity index (χ2v) is 11.0. The zero-order chi connectivity index (χ0) is 27.1. The van der Waals surface area contributed by atoms with Crippen LogP contribution in [0.25, 0.3) is 11.5 Å². The molecule has 204 valence electrons. The molecule has 0 saturated heterocycles. The van der Waals surface area contributed by atoms with Gasteiger partial charge >= 0.3 is 0 Å². The van der Waals surface area contributed by atoms with Crippen LogP contribution in [0.2, 0.25) is 0 Å². The number of aliphatic hydroxyl groups excluding tert-OH is 1. The summed E-state index contributed by atoms with van der Waals surface area (Å²) in [6.07, 6.45) is 14.2. The number of methoxy groups -OCH3 is 1. The zero-order valence-corrected chi connectivity index (χ0v) is 23.1. The number of allylic oxidation sites excluding steroid dienone is 4. The molecular weight excluding hydrogens is 476 g/mol. The highest BCUT2D eigenvalue weighted by molar-refractivity contribution is 5.95. The quantitative estimate of drug-likeness (QED) is 0.283. The van der Waals surface area contributed by atoms with E-state index in [1.165, 1.54) is 0 Å². The van der Waals surface area contributed by atoms with Gasteiger partial charge in [-0.15, -0.1) is 0 Å². The third kappa shape index (κ3) is 7.04. The van der Waals surface area contributed by atoms with Crippen molar-refractivity contribution in [3.8, 4) is 11.5 Å². The number of hydrogen-bond acceptors (Lipinski definition) is 5. The van der Waals surface area contributed by atoms with Crippen molar-refractivity contribution in [3.63, 3.8) is 0 Å². The lowest BCUT2D eigenvalue weighted by Crippen LogP contribution is -2.42. The van der Waals surface area contributed by atoms with Crippen molar-refractivity contribution in [1.82, 2.24) is 4.98 Å². The molecule has 1 aromatic heterocycles. The number of nitrogens with zero attached hydrogens (tertiary/aromatic N) is 2. The van der Waals surface area contributed by atoms with Gasteiger partial charge in [-0.25, -0.2) is 4.98 Å². The van der Waals surface area contributed by atoms with E-state index in [0.717, 1.165) is 66.7 Å². The Balaban J connectivity index is 1.46. The van der Waals surface area contributed by atoms with Crippen LogP contribution >= 0.6 is 0 Å². The van der Waals surface area contributed by atoms with Gasteiger partial charge in [-0.1, -0.05) is 24.3 Å². The van der Waals surface area contributed by atoms with Crippen LogP contribution in [0, 0.1) is 17.8 Å². The number of aromatic nitrogens is 1. The van der Waals surface area contributed by atoms with Crippen LogP contribution in [0.3, 0.4) is 0 Å². The number of carbonyl (C=O) groups excluding carboxylic acids is 1. The SMILES string of the molecule is C=C(/C=C\C(OC)=C(C)C)[C@H]1CC[C@H](CN(c2cccc(-c3ncco3)c2)C(=O)[C@H]2CC[C@H](O)CC2)CC1. The number of benzene rings is 1. The maximum atomic E-state index is 13.8. The van der Waals surface area contributed by atoms with Crippen molar-refractivity contribution in [2.45, 2.75) is 71.3 Å². The Labute approximate surface area is 227 Å². The lowest BCUT2D eigenvalue weighted by atomic mass is 9.78. The monoisotopic (exact) mass is 518 g/mol. The maximum Gasteiger partial charge on any atom is 0.230 e. The summed E-state index contributed by atoms with van der Waals surface area (Å²) in [6.45, 7) is 9.13. The summed E-state index contributed by atoms with van der Waals surface area (Å²) < 4.78 is 11.0. The Morgan fingerprint density at radius 1 is 1.11 bits per heavy atom. The molecule has 1 aromatic carbocycles. The summed E-state index contributed by atoms with van der Waals surface area (Å²) in [7, 11) is 1.70. The van der Waals surface area contributed by atoms with Gasteiger partial charge in [0.1, 0.15) is 12.0 Å². The number of oxazole rings is 1. The van der Waals surface area contributed by atoms with E-state index in [0.29, 0.717) is 37.1 Å². The third-order valence-electron chi connectivity index (χ3n) is 8.12. The van der Waals surface area contributed by atoms with Gasteiger partial charge in [-0.05, 0) is 107 Å². The largest absolute Gasteiger partial charge is 0.497 e. The minimum atomic E-state index is -0.282. The van der Waals surface area contributed by atoms with Crippen molar-refractivity contribution in [2.75, 3.05) is 18.6 Å². The Bertz CT molecular complexity index is 1130. The minimum Gasteiger partial charge on any atom is -0.497 e. The third-order valence-corrected chi connectivity index (χ3v) is 8.12. The molecular formula is C32H42N2O4. The predicted molar refractivity (Wildman–Crippen MR) is 151 cm³/mol. The highest BCUT2D eigenvalue weighted by Gasteiger charge is 2.32. The molecule has 0 spiro atoms. The van der Waals surface area contributed by atoms with Crippen molar-refractivity contribution in [1.29, 1.82) is 0 Å². The molecule has 0 radical (unpaired) electrons.